The number of nitrogens with one attached hydrogen (secondary N) is 1. The standard InChI is InChI=1S/C15H19NO2/c1-3-5-14(4-2)16-11-13-8-6-12(7-9-13)10-15(17)18/h1,6-9,14,16H,4-5,10-11H2,2H3,(H,17,18). The summed E-state index contributed by atoms with van der Waals surface area (Å²) in [5, 5.41) is 12.1. The molecule has 2 N–H and O–H groups in total. The van der Waals surface area contributed by atoms with Gasteiger partial charge in [-0.05, 0) is 17.5 Å². The van der Waals surface area contributed by atoms with Crippen LogP contribution in [0.3, 0.4) is 0 Å². The first-order chi connectivity index (χ1) is 8.65. The van der Waals surface area contributed by atoms with Gasteiger partial charge in [-0.15, -0.1) is 12.3 Å². The van der Waals surface area contributed by atoms with Crippen molar-refractivity contribution in [2.75, 3.05) is 0 Å². The Bertz CT molecular complexity index is 417. The summed E-state index contributed by atoms with van der Waals surface area (Å²) in [7, 11) is 0. The summed E-state index contributed by atoms with van der Waals surface area (Å²) >= 11 is 0. The molecule has 0 bridgehead atoms. The van der Waals surface area contributed by atoms with Crippen molar-refractivity contribution in [1.29, 1.82) is 0 Å². The lowest BCUT2D eigenvalue weighted by molar-refractivity contribution is -0.136. The van der Waals surface area contributed by atoms with E-state index in [0.29, 0.717) is 6.04 Å². The Labute approximate surface area is 108 Å². The molecule has 0 fully saturated rings. The highest BCUT2D eigenvalue weighted by atomic mass is 16.4. The molecule has 96 valence electrons. The molecular formula is C15H19NO2. The van der Waals surface area contributed by atoms with Gasteiger partial charge in [-0.2, -0.15) is 0 Å². The third-order valence-electron chi connectivity index (χ3n) is 2.83. The largest absolute Gasteiger partial charge is 0.481 e. The lowest BCUT2D eigenvalue weighted by Crippen LogP contribution is -2.27. The summed E-state index contributed by atoms with van der Waals surface area (Å²) in [5.41, 5.74) is 1.96. The Morgan fingerprint density at radius 1 is 1.39 bits per heavy atom. The summed E-state index contributed by atoms with van der Waals surface area (Å²) in [5.74, 6) is 1.85. The van der Waals surface area contributed by atoms with Gasteiger partial charge in [0.2, 0.25) is 0 Å². The van der Waals surface area contributed by atoms with Crippen molar-refractivity contribution in [3.63, 3.8) is 0 Å². The molecule has 0 aliphatic rings. The first-order valence-corrected chi connectivity index (χ1v) is 6.12. The minimum absolute atomic E-state index is 0.0718. The number of carboxylic acids is 1. The fourth-order valence-electron chi connectivity index (χ4n) is 1.71. The number of rotatable bonds is 7. The lowest BCUT2D eigenvalue weighted by atomic mass is 10.1. The fraction of sp³-hybridized carbons (Fsp3) is 0.400. The predicted octanol–water partition coefficient (Wildman–Crippen LogP) is 2.21. The zero-order valence-corrected chi connectivity index (χ0v) is 10.6. The Balaban J connectivity index is 2.48. The Morgan fingerprint density at radius 2 is 2.00 bits per heavy atom. The van der Waals surface area contributed by atoms with E-state index in [0.717, 1.165) is 30.5 Å². The minimum atomic E-state index is -0.805. The van der Waals surface area contributed by atoms with E-state index in [1.165, 1.54) is 0 Å². The quantitative estimate of drug-likeness (QED) is 0.724. The number of carboxylic acid groups (broad SMARTS) is 1. The van der Waals surface area contributed by atoms with Crippen molar-refractivity contribution in [2.24, 2.45) is 0 Å². The molecule has 0 spiro atoms. The van der Waals surface area contributed by atoms with Crippen molar-refractivity contribution < 1.29 is 9.90 Å². The van der Waals surface area contributed by atoms with E-state index in [1.54, 1.807) is 0 Å². The van der Waals surface area contributed by atoms with Crippen LogP contribution in [0, 0.1) is 12.3 Å². The van der Waals surface area contributed by atoms with Crippen LogP contribution in [0.25, 0.3) is 0 Å². The molecule has 3 nitrogen and oxygen atoms in total. The molecule has 0 heterocycles. The van der Waals surface area contributed by atoms with Crippen molar-refractivity contribution in [3.8, 4) is 12.3 Å². The third-order valence-corrected chi connectivity index (χ3v) is 2.83. The first-order valence-electron chi connectivity index (χ1n) is 6.12. The lowest BCUT2D eigenvalue weighted by Gasteiger charge is -2.14. The van der Waals surface area contributed by atoms with Gasteiger partial charge in [0.25, 0.3) is 0 Å². The number of aliphatic carboxylic acids is 1. The van der Waals surface area contributed by atoms with E-state index in [9.17, 15) is 4.79 Å². The second kappa shape index (κ2) is 7.52. The Hall–Kier alpha value is -1.79. The van der Waals surface area contributed by atoms with Crippen LogP contribution in [0.15, 0.2) is 24.3 Å². The van der Waals surface area contributed by atoms with Gasteiger partial charge in [-0.3, -0.25) is 4.79 Å². The molecule has 0 amide bonds. The van der Waals surface area contributed by atoms with Crippen LogP contribution in [0.5, 0.6) is 0 Å². The van der Waals surface area contributed by atoms with Crippen LogP contribution < -0.4 is 5.32 Å². The molecule has 0 aliphatic carbocycles. The van der Waals surface area contributed by atoms with Gasteiger partial charge in [0.05, 0.1) is 6.42 Å². The summed E-state index contributed by atoms with van der Waals surface area (Å²) in [4.78, 5) is 10.5. The molecule has 0 saturated heterocycles. The number of hydrogen-bond donors (Lipinski definition) is 2. The van der Waals surface area contributed by atoms with Crippen LogP contribution in [-0.4, -0.2) is 17.1 Å². The van der Waals surface area contributed by atoms with Crippen molar-refractivity contribution in [2.45, 2.75) is 38.8 Å². The van der Waals surface area contributed by atoms with E-state index < -0.39 is 5.97 Å². The van der Waals surface area contributed by atoms with Crippen molar-refractivity contribution in [3.05, 3.63) is 35.4 Å². The van der Waals surface area contributed by atoms with E-state index in [-0.39, 0.29) is 6.42 Å². The second-order valence-electron chi connectivity index (χ2n) is 4.28. The smallest absolute Gasteiger partial charge is 0.307 e. The van der Waals surface area contributed by atoms with E-state index in [1.807, 2.05) is 24.3 Å². The SMILES string of the molecule is C#CCC(CC)NCc1ccc(CC(=O)O)cc1. The van der Waals surface area contributed by atoms with Crippen LogP contribution in [0.2, 0.25) is 0 Å². The van der Waals surface area contributed by atoms with Crippen LogP contribution in [-0.2, 0) is 17.8 Å². The maximum absolute atomic E-state index is 10.5. The molecule has 18 heavy (non-hydrogen) atoms. The Kier molecular flexibility index (Phi) is 5.96. The Morgan fingerprint density at radius 3 is 2.50 bits per heavy atom. The molecule has 1 rings (SSSR count). The van der Waals surface area contributed by atoms with Gasteiger partial charge in [0.1, 0.15) is 0 Å². The van der Waals surface area contributed by atoms with Crippen LogP contribution in [0.1, 0.15) is 30.9 Å². The third kappa shape index (κ3) is 5.03. The summed E-state index contributed by atoms with van der Waals surface area (Å²) in [6, 6.07) is 7.95. The zero-order valence-electron chi connectivity index (χ0n) is 10.6. The number of carbonyl (C=O) groups is 1. The predicted molar refractivity (Wildman–Crippen MR) is 72.2 cm³/mol. The fourth-order valence-corrected chi connectivity index (χ4v) is 1.71. The van der Waals surface area contributed by atoms with E-state index in [4.69, 9.17) is 11.5 Å². The molecule has 1 atom stereocenters. The van der Waals surface area contributed by atoms with E-state index in [2.05, 4.69) is 18.2 Å². The van der Waals surface area contributed by atoms with Gasteiger partial charge < -0.3 is 10.4 Å². The molecule has 0 radical (unpaired) electrons. The molecule has 1 unspecified atom stereocenters. The van der Waals surface area contributed by atoms with Crippen LogP contribution in [0.4, 0.5) is 0 Å². The first kappa shape index (κ1) is 14.3. The number of hydrogen-bond acceptors (Lipinski definition) is 2. The van der Waals surface area contributed by atoms with Gasteiger partial charge in [0, 0.05) is 19.0 Å². The highest BCUT2D eigenvalue weighted by molar-refractivity contribution is 5.70. The van der Waals surface area contributed by atoms with Crippen LogP contribution >= 0.6 is 0 Å². The second-order valence-corrected chi connectivity index (χ2v) is 4.28. The van der Waals surface area contributed by atoms with Gasteiger partial charge in [-0.25, -0.2) is 0 Å². The number of benzene rings is 1. The molecule has 0 aliphatic heterocycles. The van der Waals surface area contributed by atoms with Gasteiger partial charge in [0.15, 0.2) is 0 Å². The molecule has 3 heteroatoms. The normalized spacial score (nSPS) is 11.8. The monoisotopic (exact) mass is 245 g/mol. The highest BCUT2D eigenvalue weighted by Crippen LogP contribution is 2.06. The maximum Gasteiger partial charge on any atom is 0.307 e. The molecular weight excluding hydrogens is 226 g/mol. The molecule has 1 aromatic rings. The van der Waals surface area contributed by atoms with Crippen molar-refractivity contribution in [1.82, 2.24) is 5.32 Å². The van der Waals surface area contributed by atoms with Gasteiger partial charge in [-0.1, -0.05) is 31.2 Å². The van der Waals surface area contributed by atoms with E-state index >= 15 is 0 Å². The molecule has 0 saturated carbocycles. The van der Waals surface area contributed by atoms with Gasteiger partial charge >= 0.3 is 5.97 Å². The zero-order chi connectivity index (χ0) is 13.4. The molecule has 1 aromatic carbocycles. The number of terminal acetylenes is 1. The topological polar surface area (TPSA) is 49.3 Å². The molecule has 0 aromatic heterocycles. The summed E-state index contributed by atoms with van der Waals surface area (Å²) < 4.78 is 0. The summed E-state index contributed by atoms with van der Waals surface area (Å²) in [6.45, 7) is 2.86. The minimum Gasteiger partial charge on any atom is -0.481 e. The summed E-state index contributed by atoms with van der Waals surface area (Å²) in [6.07, 6.45) is 7.10. The van der Waals surface area contributed by atoms with Crippen molar-refractivity contribution >= 4 is 5.97 Å². The average molecular weight is 245 g/mol. The highest BCUT2D eigenvalue weighted by Gasteiger charge is 2.04. The average Bonchev–Trinajstić information content (AvgIpc) is 2.35. The maximum atomic E-state index is 10.5.